The van der Waals surface area contributed by atoms with E-state index in [1.54, 1.807) is 23.5 Å². The number of benzene rings is 2. The molecule has 3 aromatic rings. The standard InChI is InChI=1S/C17H15FN2S/c1-11-16(10-12-3-2-4-14(18)9-12)21-17(20-11)13-5-7-15(19)8-6-13/h2-9H,10,19H2,1H3. The molecule has 0 amide bonds. The van der Waals surface area contributed by atoms with Crippen molar-refractivity contribution in [1.82, 2.24) is 4.98 Å². The van der Waals surface area contributed by atoms with Crippen molar-refractivity contribution in [3.63, 3.8) is 0 Å². The van der Waals surface area contributed by atoms with Crippen molar-refractivity contribution in [3.8, 4) is 10.6 Å². The van der Waals surface area contributed by atoms with Crippen LogP contribution in [-0.4, -0.2) is 4.98 Å². The summed E-state index contributed by atoms with van der Waals surface area (Å²) >= 11 is 1.64. The summed E-state index contributed by atoms with van der Waals surface area (Å²) in [4.78, 5) is 5.77. The van der Waals surface area contributed by atoms with E-state index < -0.39 is 0 Å². The molecule has 3 rings (SSSR count). The lowest BCUT2D eigenvalue weighted by Gasteiger charge is -1.99. The third-order valence-electron chi connectivity index (χ3n) is 3.30. The minimum Gasteiger partial charge on any atom is -0.399 e. The molecule has 0 spiro atoms. The summed E-state index contributed by atoms with van der Waals surface area (Å²) in [6.07, 6.45) is 0.705. The molecule has 2 nitrogen and oxygen atoms in total. The maximum atomic E-state index is 13.3. The Labute approximate surface area is 127 Å². The number of nitrogens with two attached hydrogens (primary N) is 1. The number of nitrogens with zero attached hydrogens (tertiary/aromatic N) is 1. The molecule has 0 aliphatic heterocycles. The topological polar surface area (TPSA) is 38.9 Å². The van der Waals surface area contributed by atoms with Crippen LogP contribution in [0, 0.1) is 12.7 Å². The molecule has 2 N–H and O–H groups in total. The predicted octanol–water partition coefficient (Wildman–Crippen LogP) is 4.43. The van der Waals surface area contributed by atoms with E-state index in [0.717, 1.165) is 32.4 Å². The van der Waals surface area contributed by atoms with Gasteiger partial charge in [0, 0.05) is 22.5 Å². The number of nitrogen functional groups attached to an aromatic ring is 1. The van der Waals surface area contributed by atoms with E-state index in [1.165, 1.54) is 6.07 Å². The first-order valence-electron chi connectivity index (χ1n) is 6.68. The number of aromatic nitrogens is 1. The monoisotopic (exact) mass is 298 g/mol. The van der Waals surface area contributed by atoms with Gasteiger partial charge in [0.1, 0.15) is 10.8 Å². The van der Waals surface area contributed by atoms with Crippen molar-refractivity contribution in [3.05, 3.63) is 70.5 Å². The van der Waals surface area contributed by atoms with Crippen molar-refractivity contribution in [2.75, 3.05) is 5.73 Å². The average molecular weight is 298 g/mol. The van der Waals surface area contributed by atoms with Crippen LogP contribution in [-0.2, 0) is 6.42 Å². The molecule has 0 atom stereocenters. The van der Waals surface area contributed by atoms with Gasteiger partial charge in [-0.1, -0.05) is 12.1 Å². The maximum absolute atomic E-state index is 13.3. The lowest BCUT2D eigenvalue weighted by atomic mass is 10.1. The van der Waals surface area contributed by atoms with Crippen LogP contribution in [0.25, 0.3) is 10.6 Å². The van der Waals surface area contributed by atoms with Gasteiger partial charge in [0.25, 0.3) is 0 Å². The van der Waals surface area contributed by atoms with Gasteiger partial charge in [-0.05, 0) is 48.9 Å². The van der Waals surface area contributed by atoms with Crippen LogP contribution in [0.3, 0.4) is 0 Å². The van der Waals surface area contributed by atoms with Crippen molar-refractivity contribution >= 4 is 17.0 Å². The molecule has 0 fully saturated rings. The van der Waals surface area contributed by atoms with E-state index in [0.29, 0.717) is 6.42 Å². The van der Waals surface area contributed by atoms with Gasteiger partial charge in [0.05, 0.1) is 5.69 Å². The number of hydrogen-bond acceptors (Lipinski definition) is 3. The van der Waals surface area contributed by atoms with E-state index in [4.69, 9.17) is 5.73 Å². The second kappa shape index (κ2) is 5.66. The second-order valence-electron chi connectivity index (χ2n) is 4.96. The lowest BCUT2D eigenvalue weighted by Crippen LogP contribution is -1.88. The Bertz CT molecular complexity index is 763. The fraction of sp³-hybridized carbons (Fsp3) is 0.118. The molecular formula is C17H15FN2S. The van der Waals surface area contributed by atoms with Gasteiger partial charge >= 0.3 is 0 Å². The molecule has 0 aliphatic rings. The Morgan fingerprint density at radius 1 is 1.14 bits per heavy atom. The summed E-state index contributed by atoms with van der Waals surface area (Å²) in [5, 5.41) is 0.971. The Kier molecular flexibility index (Phi) is 3.71. The molecule has 0 saturated heterocycles. The largest absolute Gasteiger partial charge is 0.399 e. The van der Waals surface area contributed by atoms with Gasteiger partial charge in [-0.3, -0.25) is 0 Å². The van der Waals surface area contributed by atoms with Crippen LogP contribution in [0.2, 0.25) is 0 Å². The maximum Gasteiger partial charge on any atom is 0.123 e. The fourth-order valence-electron chi connectivity index (χ4n) is 2.17. The van der Waals surface area contributed by atoms with E-state index in [-0.39, 0.29) is 5.82 Å². The minimum atomic E-state index is -0.201. The minimum absolute atomic E-state index is 0.201. The highest BCUT2D eigenvalue weighted by molar-refractivity contribution is 7.15. The van der Waals surface area contributed by atoms with Crippen molar-refractivity contribution in [2.24, 2.45) is 0 Å². The second-order valence-corrected chi connectivity index (χ2v) is 6.04. The van der Waals surface area contributed by atoms with Crippen molar-refractivity contribution < 1.29 is 4.39 Å². The van der Waals surface area contributed by atoms with E-state index in [2.05, 4.69) is 4.98 Å². The molecule has 0 aliphatic carbocycles. The van der Waals surface area contributed by atoms with Crippen LogP contribution < -0.4 is 5.73 Å². The summed E-state index contributed by atoms with van der Waals surface area (Å²) in [6.45, 7) is 1.99. The lowest BCUT2D eigenvalue weighted by molar-refractivity contribution is 0.626. The predicted molar refractivity (Wildman–Crippen MR) is 85.9 cm³/mol. The summed E-state index contributed by atoms with van der Waals surface area (Å²) in [7, 11) is 0. The van der Waals surface area contributed by atoms with Crippen LogP contribution in [0.4, 0.5) is 10.1 Å². The van der Waals surface area contributed by atoms with Gasteiger partial charge < -0.3 is 5.73 Å². The van der Waals surface area contributed by atoms with Crippen molar-refractivity contribution in [1.29, 1.82) is 0 Å². The van der Waals surface area contributed by atoms with Gasteiger partial charge in [-0.2, -0.15) is 0 Å². The van der Waals surface area contributed by atoms with Crippen LogP contribution in [0.1, 0.15) is 16.1 Å². The average Bonchev–Trinajstić information content (AvgIpc) is 2.81. The van der Waals surface area contributed by atoms with Crippen LogP contribution in [0.15, 0.2) is 48.5 Å². The van der Waals surface area contributed by atoms with E-state index >= 15 is 0 Å². The highest BCUT2D eigenvalue weighted by atomic mass is 32.1. The van der Waals surface area contributed by atoms with Gasteiger partial charge in [-0.15, -0.1) is 11.3 Å². The molecule has 0 saturated carbocycles. The molecule has 1 heterocycles. The smallest absolute Gasteiger partial charge is 0.123 e. The number of aryl methyl sites for hydroxylation is 1. The first kappa shape index (κ1) is 13.8. The van der Waals surface area contributed by atoms with Gasteiger partial charge in [0.2, 0.25) is 0 Å². The Morgan fingerprint density at radius 3 is 2.62 bits per heavy atom. The summed E-state index contributed by atoms with van der Waals surface area (Å²) in [5.74, 6) is -0.201. The molecule has 0 unspecified atom stereocenters. The first-order chi connectivity index (χ1) is 10.1. The normalized spacial score (nSPS) is 10.8. The zero-order valence-corrected chi connectivity index (χ0v) is 12.5. The van der Waals surface area contributed by atoms with Crippen molar-refractivity contribution in [2.45, 2.75) is 13.3 Å². The highest BCUT2D eigenvalue weighted by Gasteiger charge is 2.10. The molecule has 1 aromatic heterocycles. The molecule has 2 aromatic carbocycles. The van der Waals surface area contributed by atoms with Gasteiger partial charge in [0.15, 0.2) is 0 Å². The Hall–Kier alpha value is -2.20. The van der Waals surface area contributed by atoms with E-state index in [1.807, 2.05) is 37.3 Å². The van der Waals surface area contributed by atoms with Gasteiger partial charge in [-0.25, -0.2) is 9.37 Å². The SMILES string of the molecule is Cc1nc(-c2ccc(N)cc2)sc1Cc1cccc(F)c1. The van der Waals surface area contributed by atoms with E-state index in [9.17, 15) is 4.39 Å². The Balaban J connectivity index is 1.89. The summed E-state index contributed by atoms with van der Waals surface area (Å²) in [6, 6.07) is 14.4. The molecule has 0 bridgehead atoms. The zero-order valence-electron chi connectivity index (χ0n) is 11.6. The highest BCUT2D eigenvalue weighted by Crippen LogP contribution is 2.30. The Morgan fingerprint density at radius 2 is 1.90 bits per heavy atom. The third-order valence-corrected chi connectivity index (χ3v) is 4.51. The fourth-order valence-corrected chi connectivity index (χ4v) is 3.28. The summed E-state index contributed by atoms with van der Waals surface area (Å²) < 4.78 is 13.3. The third kappa shape index (κ3) is 3.11. The zero-order chi connectivity index (χ0) is 14.8. The number of rotatable bonds is 3. The first-order valence-corrected chi connectivity index (χ1v) is 7.50. The number of halogens is 1. The summed E-state index contributed by atoms with van der Waals surface area (Å²) in [5.41, 5.74) is 9.46. The quantitative estimate of drug-likeness (QED) is 0.726. The number of hydrogen-bond donors (Lipinski definition) is 1. The molecule has 21 heavy (non-hydrogen) atoms. The molecule has 4 heteroatoms. The number of thiazole rings is 1. The molecule has 0 radical (unpaired) electrons. The van der Waals surface area contributed by atoms with Crippen LogP contribution in [0.5, 0.6) is 0 Å². The number of anilines is 1. The van der Waals surface area contributed by atoms with Crippen LogP contribution >= 0.6 is 11.3 Å². The molecular weight excluding hydrogens is 283 g/mol. The molecule has 106 valence electrons.